The number of amides is 1. The van der Waals surface area contributed by atoms with Crippen LogP contribution in [0.4, 0.5) is 11.5 Å². The van der Waals surface area contributed by atoms with Gasteiger partial charge in [-0.2, -0.15) is 0 Å². The number of aromatic nitrogens is 2. The Morgan fingerprint density at radius 2 is 1.96 bits per heavy atom. The van der Waals surface area contributed by atoms with Crippen LogP contribution in [-0.2, 0) is 0 Å². The van der Waals surface area contributed by atoms with Gasteiger partial charge in [0, 0.05) is 6.54 Å². The molecule has 0 aliphatic heterocycles. The molecular formula is C17H22N4O2. The van der Waals surface area contributed by atoms with Gasteiger partial charge < -0.3 is 15.4 Å². The molecule has 0 fully saturated rings. The van der Waals surface area contributed by atoms with Gasteiger partial charge in [-0.05, 0) is 44.5 Å². The number of benzene rings is 1. The lowest BCUT2D eigenvalue weighted by molar-refractivity contribution is 0.0947. The summed E-state index contributed by atoms with van der Waals surface area (Å²) in [6, 6.07) is 11.0. The van der Waals surface area contributed by atoms with E-state index in [0.717, 1.165) is 17.9 Å². The van der Waals surface area contributed by atoms with Crippen LogP contribution in [0.2, 0.25) is 0 Å². The SMILES string of the molecule is CCCNC(=O)c1ccc(Nc2ccccc2OC(C)C)nn1. The average Bonchev–Trinajstić information content (AvgIpc) is 2.54. The van der Waals surface area contributed by atoms with E-state index in [2.05, 4.69) is 20.8 Å². The zero-order chi connectivity index (χ0) is 16.7. The van der Waals surface area contributed by atoms with Crippen molar-refractivity contribution in [1.82, 2.24) is 15.5 Å². The largest absolute Gasteiger partial charge is 0.489 e. The van der Waals surface area contributed by atoms with Gasteiger partial charge in [-0.1, -0.05) is 19.1 Å². The van der Waals surface area contributed by atoms with Crippen LogP contribution >= 0.6 is 0 Å². The van der Waals surface area contributed by atoms with Crippen molar-refractivity contribution in [3.8, 4) is 5.75 Å². The first-order valence-corrected chi connectivity index (χ1v) is 7.74. The maximum absolute atomic E-state index is 11.8. The number of hydrogen-bond acceptors (Lipinski definition) is 5. The van der Waals surface area contributed by atoms with Crippen LogP contribution in [0.25, 0.3) is 0 Å². The predicted octanol–water partition coefficient (Wildman–Crippen LogP) is 3.15. The van der Waals surface area contributed by atoms with Crippen molar-refractivity contribution in [3.05, 3.63) is 42.1 Å². The molecule has 2 N–H and O–H groups in total. The van der Waals surface area contributed by atoms with Crippen LogP contribution in [0, 0.1) is 0 Å². The molecule has 6 nitrogen and oxygen atoms in total. The fraction of sp³-hybridized carbons (Fsp3) is 0.353. The third-order valence-corrected chi connectivity index (χ3v) is 2.95. The smallest absolute Gasteiger partial charge is 0.271 e. The van der Waals surface area contributed by atoms with Gasteiger partial charge >= 0.3 is 0 Å². The van der Waals surface area contributed by atoms with Gasteiger partial charge in [0.2, 0.25) is 0 Å². The lowest BCUT2D eigenvalue weighted by atomic mass is 10.3. The number of carbonyl (C=O) groups excluding carboxylic acids is 1. The molecule has 0 saturated carbocycles. The van der Waals surface area contributed by atoms with E-state index in [1.807, 2.05) is 45.0 Å². The molecule has 1 heterocycles. The standard InChI is InChI=1S/C17H22N4O2/c1-4-11-18-17(22)14-9-10-16(21-20-14)19-13-7-5-6-8-15(13)23-12(2)3/h5-10,12H,4,11H2,1-3H3,(H,18,22)(H,19,21). The molecule has 1 amide bonds. The molecule has 0 aliphatic carbocycles. The molecule has 1 aromatic heterocycles. The minimum atomic E-state index is -0.213. The first-order chi connectivity index (χ1) is 11.1. The van der Waals surface area contributed by atoms with Crippen LogP contribution in [-0.4, -0.2) is 28.8 Å². The van der Waals surface area contributed by atoms with Gasteiger partial charge in [0.05, 0.1) is 11.8 Å². The molecule has 0 unspecified atom stereocenters. The minimum absolute atomic E-state index is 0.0775. The minimum Gasteiger partial charge on any atom is -0.489 e. The molecule has 122 valence electrons. The summed E-state index contributed by atoms with van der Waals surface area (Å²) in [5.74, 6) is 1.08. The fourth-order valence-corrected chi connectivity index (χ4v) is 1.91. The van der Waals surface area contributed by atoms with E-state index in [0.29, 0.717) is 18.1 Å². The van der Waals surface area contributed by atoms with Crippen LogP contribution < -0.4 is 15.4 Å². The van der Waals surface area contributed by atoms with E-state index in [-0.39, 0.29) is 12.0 Å². The van der Waals surface area contributed by atoms with Gasteiger partial charge in [0.1, 0.15) is 5.75 Å². The van der Waals surface area contributed by atoms with E-state index >= 15 is 0 Å². The fourth-order valence-electron chi connectivity index (χ4n) is 1.91. The van der Waals surface area contributed by atoms with Gasteiger partial charge in [-0.3, -0.25) is 4.79 Å². The average molecular weight is 314 g/mol. The molecule has 23 heavy (non-hydrogen) atoms. The quantitative estimate of drug-likeness (QED) is 0.821. The Hall–Kier alpha value is -2.63. The first-order valence-electron chi connectivity index (χ1n) is 7.74. The van der Waals surface area contributed by atoms with Crippen molar-refractivity contribution in [3.63, 3.8) is 0 Å². The first kappa shape index (κ1) is 16.7. The van der Waals surface area contributed by atoms with Crippen molar-refractivity contribution >= 4 is 17.4 Å². The number of ether oxygens (including phenoxy) is 1. The van der Waals surface area contributed by atoms with Crippen molar-refractivity contribution in [1.29, 1.82) is 0 Å². The molecule has 0 aliphatic rings. The number of hydrogen-bond donors (Lipinski definition) is 2. The Bertz CT molecular complexity index is 641. The highest BCUT2D eigenvalue weighted by molar-refractivity contribution is 5.92. The Labute approximate surface area is 136 Å². The van der Waals surface area contributed by atoms with E-state index in [9.17, 15) is 4.79 Å². The topological polar surface area (TPSA) is 76.1 Å². The lowest BCUT2D eigenvalue weighted by Crippen LogP contribution is -2.25. The van der Waals surface area contributed by atoms with E-state index in [1.54, 1.807) is 12.1 Å². The second kappa shape index (κ2) is 8.12. The Morgan fingerprint density at radius 3 is 2.61 bits per heavy atom. The second-order valence-corrected chi connectivity index (χ2v) is 5.35. The summed E-state index contributed by atoms with van der Waals surface area (Å²) in [6.45, 7) is 6.57. The molecule has 0 radical (unpaired) electrons. The summed E-state index contributed by atoms with van der Waals surface area (Å²) < 4.78 is 5.75. The van der Waals surface area contributed by atoms with Crippen molar-refractivity contribution in [2.24, 2.45) is 0 Å². The second-order valence-electron chi connectivity index (χ2n) is 5.35. The summed E-state index contributed by atoms with van der Waals surface area (Å²) in [4.78, 5) is 11.8. The Balaban J connectivity index is 2.08. The number of anilines is 2. The zero-order valence-corrected chi connectivity index (χ0v) is 13.7. The van der Waals surface area contributed by atoms with Crippen molar-refractivity contribution < 1.29 is 9.53 Å². The summed E-state index contributed by atoms with van der Waals surface area (Å²) in [7, 11) is 0. The van der Waals surface area contributed by atoms with Gasteiger partial charge in [-0.15, -0.1) is 10.2 Å². The molecular weight excluding hydrogens is 292 g/mol. The third-order valence-electron chi connectivity index (χ3n) is 2.95. The highest BCUT2D eigenvalue weighted by Gasteiger charge is 2.09. The third kappa shape index (κ3) is 4.95. The summed E-state index contributed by atoms with van der Waals surface area (Å²) in [5.41, 5.74) is 1.11. The van der Waals surface area contributed by atoms with Crippen LogP contribution in [0.3, 0.4) is 0 Å². The van der Waals surface area contributed by atoms with Crippen molar-refractivity contribution in [2.75, 3.05) is 11.9 Å². The van der Waals surface area contributed by atoms with Gasteiger partial charge in [0.15, 0.2) is 11.5 Å². The lowest BCUT2D eigenvalue weighted by Gasteiger charge is -2.14. The molecule has 0 atom stereocenters. The van der Waals surface area contributed by atoms with E-state index < -0.39 is 0 Å². The Morgan fingerprint density at radius 1 is 1.17 bits per heavy atom. The molecule has 1 aromatic carbocycles. The summed E-state index contributed by atoms with van der Waals surface area (Å²) in [5, 5.41) is 13.9. The van der Waals surface area contributed by atoms with E-state index in [4.69, 9.17) is 4.74 Å². The molecule has 2 aromatic rings. The number of carbonyl (C=O) groups is 1. The van der Waals surface area contributed by atoms with Crippen molar-refractivity contribution in [2.45, 2.75) is 33.3 Å². The number of rotatable bonds is 7. The Kier molecular flexibility index (Phi) is 5.91. The molecule has 6 heteroatoms. The maximum Gasteiger partial charge on any atom is 0.271 e. The predicted molar refractivity (Wildman–Crippen MR) is 90.1 cm³/mol. The van der Waals surface area contributed by atoms with Gasteiger partial charge in [0.25, 0.3) is 5.91 Å². The number of para-hydroxylation sites is 2. The van der Waals surface area contributed by atoms with Crippen LogP contribution in [0.15, 0.2) is 36.4 Å². The number of nitrogens with one attached hydrogen (secondary N) is 2. The zero-order valence-electron chi connectivity index (χ0n) is 13.7. The monoisotopic (exact) mass is 314 g/mol. The molecule has 0 spiro atoms. The van der Waals surface area contributed by atoms with Gasteiger partial charge in [-0.25, -0.2) is 0 Å². The van der Waals surface area contributed by atoms with E-state index in [1.165, 1.54) is 0 Å². The highest BCUT2D eigenvalue weighted by Crippen LogP contribution is 2.27. The summed E-state index contributed by atoms with van der Waals surface area (Å²) in [6.07, 6.45) is 0.958. The summed E-state index contributed by atoms with van der Waals surface area (Å²) >= 11 is 0. The van der Waals surface area contributed by atoms with Crippen LogP contribution in [0.5, 0.6) is 5.75 Å². The van der Waals surface area contributed by atoms with Crippen LogP contribution in [0.1, 0.15) is 37.7 Å². The highest BCUT2D eigenvalue weighted by atomic mass is 16.5. The molecule has 2 rings (SSSR count). The normalized spacial score (nSPS) is 10.4. The molecule has 0 saturated heterocycles. The maximum atomic E-state index is 11.8. The molecule has 0 bridgehead atoms. The number of nitrogens with zero attached hydrogens (tertiary/aromatic N) is 2.